The fourth-order valence-electron chi connectivity index (χ4n) is 2.35. The lowest BCUT2D eigenvalue weighted by Gasteiger charge is -2.17. The maximum Gasteiger partial charge on any atom is 0.335 e. The number of hydrogen-bond acceptors (Lipinski definition) is 3. The van der Waals surface area contributed by atoms with Crippen molar-refractivity contribution >= 4 is 17.7 Å². The van der Waals surface area contributed by atoms with Crippen LogP contribution in [0.3, 0.4) is 0 Å². The standard InChI is InChI=1S/C14H18N2O4/c1-9-6-11(2-3-12(9)13(18)19)15-14(20)16-5-4-10(7-16)8-17/h2-3,6,10,17H,4-5,7-8H2,1H3,(H,15,20)(H,18,19). The maximum absolute atomic E-state index is 12.0. The normalized spacial score (nSPS) is 18.1. The third-order valence-electron chi connectivity index (χ3n) is 3.54. The molecule has 0 aliphatic carbocycles. The molecule has 1 heterocycles. The molecule has 20 heavy (non-hydrogen) atoms. The predicted molar refractivity (Wildman–Crippen MR) is 73.9 cm³/mol. The van der Waals surface area contributed by atoms with Gasteiger partial charge in [0.15, 0.2) is 0 Å². The van der Waals surface area contributed by atoms with Gasteiger partial charge in [0.25, 0.3) is 0 Å². The Balaban J connectivity index is 2.02. The molecular formula is C14H18N2O4. The molecule has 1 aliphatic heterocycles. The number of carboxylic acid groups (broad SMARTS) is 1. The highest BCUT2D eigenvalue weighted by Crippen LogP contribution is 2.19. The second-order valence-corrected chi connectivity index (χ2v) is 5.05. The zero-order valence-electron chi connectivity index (χ0n) is 11.3. The average molecular weight is 278 g/mol. The molecule has 1 unspecified atom stereocenters. The minimum absolute atomic E-state index is 0.0934. The zero-order valence-corrected chi connectivity index (χ0v) is 11.3. The van der Waals surface area contributed by atoms with Gasteiger partial charge in [-0.1, -0.05) is 0 Å². The first-order chi connectivity index (χ1) is 9.51. The van der Waals surface area contributed by atoms with Gasteiger partial charge in [0.05, 0.1) is 5.56 Å². The Kier molecular flexibility index (Phi) is 4.24. The van der Waals surface area contributed by atoms with Crippen LogP contribution in [-0.2, 0) is 0 Å². The van der Waals surface area contributed by atoms with Crippen LogP contribution < -0.4 is 5.32 Å². The van der Waals surface area contributed by atoms with Crippen molar-refractivity contribution in [2.45, 2.75) is 13.3 Å². The Morgan fingerprint density at radius 2 is 2.20 bits per heavy atom. The van der Waals surface area contributed by atoms with Gasteiger partial charge in [-0.2, -0.15) is 0 Å². The van der Waals surface area contributed by atoms with Gasteiger partial charge in [0, 0.05) is 31.3 Å². The van der Waals surface area contributed by atoms with Crippen LogP contribution in [0.25, 0.3) is 0 Å². The number of carbonyl (C=O) groups is 2. The summed E-state index contributed by atoms with van der Waals surface area (Å²) < 4.78 is 0. The molecule has 1 fully saturated rings. The molecule has 3 N–H and O–H groups in total. The summed E-state index contributed by atoms with van der Waals surface area (Å²) >= 11 is 0. The second-order valence-electron chi connectivity index (χ2n) is 5.05. The number of aliphatic hydroxyl groups excluding tert-OH is 1. The number of likely N-dealkylation sites (tertiary alicyclic amines) is 1. The van der Waals surface area contributed by atoms with Crippen molar-refractivity contribution in [1.29, 1.82) is 0 Å². The van der Waals surface area contributed by atoms with Crippen LogP contribution in [-0.4, -0.2) is 46.8 Å². The summed E-state index contributed by atoms with van der Waals surface area (Å²) in [6.45, 7) is 2.96. The molecule has 1 saturated heterocycles. The fourth-order valence-corrected chi connectivity index (χ4v) is 2.35. The maximum atomic E-state index is 12.0. The first-order valence-corrected chi connectivity index (χ1v) is 6.52. The molecule has 1 atom stereocenters. The van der Waals surface area contributed by atoms with E-state index in [-0.39, 0.29) is 24.1 Å². The molecule has 0 spiro atoms. The first-order valence-electron chi connectivity index (χ1n) is 6.52. The number of amides is 2. The molecule has 6 heteroatoms. The summed E-state index contributed by atoms with van der Waals surface area (Å²) in [6.07, 6.45) is 0.806. The average Bonchev–Trinajstić information content (AvgIpc) is 2.87. The van der Waals surface area contributed by atoms with E-state index in [2.05, 4.69) is 5.32 Å². The monoisotopic (exact) mass is 278 g/mol. The number of aromatic carboxylic acids is 1. The van der Waals surface area contributed by atoms with Crippen LogP contribution >= 0.6 is 0 Å². The van der Waals surface area contributed by atoms with E-state index in [1.54, 1.807) is 24.0 Å². The fraction of sp³-hybridized carbons (Fsp3) is 0.429. The number of carbonyl (C=O) groups excluding carboxylic acids is 1. The number of benzene rings is 1. The molecular weight excluding hydrogens is 260 g/mol. The van der Waals surface area contributed by atoms with E-state index in [1.807, 2.05) is 0 Å². The van der Waals surface area contributed by atoms with Gasteiger partial charge in [0.1, 0.15) is 0 Å². The zero-order chi connectivity index (χ0) is 14.7. The van der Waals surface area contributed by atoms with Gasteiger partial charge in [-0.05, 0) is 37.1 Å². The van der Waals surface area contributed by atoms with Crippen LogP contribution in [0.15, 0.2) is 18.2 Å². The van der Waals surface area contributed by atoms with Crippen LogP contribution in [0.1, 0.15) is 22.3 Å². The van der Waals surface area contributed by atoms with E-state index >= 15 is 0 Å². The highest BCUT2D eigenvalue weighted by Gasteiger charge is 2.25. The van der Waals surface area contributed by atoms with Crippen LogP contribution in [0.5, 0.6) is 0 Å². The molecule has 0 bridgehead atoms. The lowest BCUT2D eigenvalue weighted by atomic mass is 10.1. The summed E-state index contributed by atoms with van der Waals surface area (Å²) in [6, 6.07) is 4.48. The summed E-state index contributed by atoms with van der Waals surface area (Å²) in [5.74, 6) is -0.831. The van der Waals surface area contributed by atoms with Gasteiger partial charge in [0.2, 0.25) is 0 Å². The molecule has 1 aliphatic rings. The van der Waals surface area contributed by atoms with Crippen molar-refractivity contribution in [2.24, 2.45) is 5.92 Å². The van der Waals surface area contributed by atoms with Gasteiger partial charge < -0.3 is 20.4 Å². The summed E-state index contributed by atoms with van der Waals surface area (Å²) in [5.41, 5.74) is 1.40. The van der Waals surface area contributed by atoms with Crippen molar-refractivity contribution in [3.63, 3.8) is 0 Å². The number of anilines is 1. The van der Waals surface area contributed by atoms with E-state index in [0.29, 0.717) is 24.3 Å². The number of hydrogen-bond donors (Lipinski definition) is 3. The first kappa shape index (κ1) is 14.3. The van der Waals surface area contributed by atoms with Gasteiger partial charge in [-0.15, -0.1) is 0 Å². The summed E-state index contributed by atoms with van der Waals surface area (Å²) in [5, 5.41) is 20.8. The molecule has 1 aromatic carbocycles. The van der Waals surface area contributed by atoms with Crippen molar-refractivity contribution in [3.05, 3.63) is 29.3 Å². The number of urea groups is 1. The Morgan fingerprint density at radius 1 is 1.45 bits per heavy atom. The molecule has 2 amide bonds. The number of rotatable bonds is 3. The molecule has 0 radical (unpaired) electrons. The second kappa shape index (κ2) is 5.92. The summed E-state index contributed by atoms with van der Waals surface area (Å²) in [7, 11) is 0. The molecule has 6 nitrogen and oxygen atoms in total. The van der Waals surface area contributed by atoms with E-state index in [9.17, 15) is 9.59 Å². The minimum Gasteiger partial charge on any atom is -0.478 e. The van der Waals surface area contributed by atoms with Crippen molar-refractivity contribution < 1.29 is 19.8 Å². The van der Waals surface area contributed by atoms with Crippen LogP contribution in [0.4, 0.5) is 10.5 Å². The van der Waals surface area contributed by atoms with Crippen molar-refractivity contribution in [1.82, 2.24) is 4.90 Å². The number of aryl methyl sites for hydroxylation is 1. The Labute approximate surface area is 117 Å². The highest BCUT2D eigenvalue weighted by atomic mass is 16.4. The lowest BCUT2D eigenvalue weighted by Crippen LogP contribution is -2.33. The van der Waals surface area contributed by atoms with Crippen LogP contribution in [0, 0.1) is 12.8 Å². The summed E-state index contributed by atoms with van der Waals surface area (Å²) in [4.78, 5) is 24.6. The third kappa shape index (κ3) is 3.08. The highest BCUT2D eigenvalue weighted by molar-refractivity contribution is 5.92. The Bertz CT molecular complexity index is 530. The number of nitrogens with one attached hydrogen (secondary N) is 1. The Hall–Kier alpha value is -2.08. The van der Waals surface area contributed by atoms with Gasteiger partial charge in [-0.3, -0.25) is 0 Å². The minimum atomic E-state index is -0.981. The lowest BCUT2D eigenvalue weighted by molar-refractivity contribution is 0.0696. The largest absolute Gasteiger partial charge is 0.478 e. The molecule has 1 aromatic rings. The van der Waals surface area contributed by atoms with E-state index < -0.39 is 5.97 Å². The topological polar surface area (TPSA) is 89.9 Å². The number of carboxylic acids is 1. The van der Waals surface area contributed by atoms with Gasteiger partial charge >= 0.3 is 12.0 Å². The SMILES string of the molecule is Cc1cc(NC(=O)N2CCC(CO)C2)ccc1C(=O)O. The van der Waals surface area contributed by atoms with E-state index in [1.165, 1.54) is 6.07 Å². The number of nitrogens with zero attached hydrogens (tertiary/aromatic N) is 1. The molecule has 0 aromatic heterocycles. The molecule has 108 valence electrons. The molecule has 2 rings (SSSR count). The van der Waals surface area contributed by atoms with Crippen molar-refractivity contribution in [2.75, 3.05) is 25.0 Å². The van der Waals surface area contributed by atoms with Gasteiger partial charge in [-0.25, -0.2) is 9.59 Å². The van der Waals surface area contributed by atoms with E-state index in [4.69, 9.17) is 10.2 Å². The molecule has 0 saturated carbocycles. The van der Waals surface area contributed by atoms with Crippen molar-refractivity contribution in [3.8, 4) is 0 Å². The quantitative estimate of drug-likeness (QED) is 0.782. The van der Waals surface area contributed by atoms with Crippen LogP contribution in [0.2, 0.25) is 0 Å². The predicted octanol–water partition coefficient (Wildman–Crippen LogP) is 1.54. The Morgan fingerprint density at radius 3 is 2.75 bits per heavy atom. The third-order valence-corrected chi connectivity index (χ3v) is 3.54. The number of aliphatic hydroxyl groups is 1. The van der Waals surface area contributed by atoms with E-state index in [0.717, 1.165) is 6.42 Å². The smallest absolute Gasteiger partial charge is 0.335 e.